The predicted molar refractivity (Wildman–Crippen MR) is 99.1 cm³/mol. The molecular formula is C19H16F3N3O2S. The lowest BCUT2D eigenvalue weighted by Crippen LogP contribution is -2.14. The fraction of sp³-hybridized carbons (Fsp3) is 0.211. The van der Waals surface area contributed by atoms with Crippen LogP contribution in [0.25, 0.3) is 11.4 Å². The Balaban J connectivity index is 1.73. The topological polar surface area (TPSA) is 57.0 Å². The van der Waals surface area contributed by atoms with E-state index in [0.29, 0.717) is 22.1 Å². The molecule has 3 aromatic rings. The standard InChI is InChI=1S/C19H16F3N3O2S/c1-11(16(26)12-7-9-13(10-8-12)27-18(21)22)28-19-24-23-17(25(19)2)14-5-3-4-6-15(14)20/h3-11,18H,1-2H3/t11-/m1/s1. The number of halogens is 3. The van der Waals surface area contributed by atoms with Crippen LogP contribution in [0, 0.1) is 5.82 Å². The van der Waals surface area contributed by atoms with E-state index in [9.17, 15) is 18.0 Å². The third-order valence-electron chi connectivity index (χ3n) is 3.97. The highest BCUT2D eigenvalue weighted by Crippen LogP contribution is 2.28. The lowest BCUT2D eigenvalue weighted by molar-refractivity contribution is -0.0498. The van der Waals surface area contributed by atoms with E-state index < -0.39 is 17.7 Å². The minimum absolute atomic E-state index is 0.0188. The molecule has 1 aromatic heterocycles. The number of ketones is 1. The van der Waals surface area contributed by atoms with Crippen molar-refractivity contribution in [2.45, 2.75) is 23.9 Å². The van der Waals surface area contributed by atoms with E-state index >= 15 is 0 Å². The molecule has 0 aliphatic carbocycles. The first-order valence-electron chi connectivity index (χ1n) is 8.27. The van der Waals surface area contributed by atoms with Crippen LogP contribution in [-0.4, -0.2) is 32.4 Å². The van der Waals surface area contributed by atoms with Crippen molar-refractivity contribution in [2.75, 3.05) is 0 Å². The number of benzene rings is 2. The average Bonchev–Trinajstić information content (AvgIpc) is 3.02. The first-order valence-corrected chi connectivity index (χ1v) is 9.15. The van der Waals surface area contributed by atoms with Gasteiger partial charge in [-0.1, -0.05) is 23.9 Å². The number of carbonyl (C=O) groups is 1. The van der Waals surface area contributed by atoms with Gasteiger partial charge in [0.15, 0.2) is 16.8 Å². The van der Waals surface area contributed by atoms with Gasteiger partial charge in [0.1, 0.15) is 11.6 Å². The number of hydrogen-bond donors (Lipinski definition) is 0. The summed E-state index contributed by atoms with van der Waals surface area (Å²) in [5, 5.41) is 8.01. The van der Waals surface area contributed by atoms with Crippen LogP contribution in [0.5, 0.6) is 5.75 Å². The fourth-order valence-corrected chi connectivity index (χ4v) is 3.43. The molecule has 0 aliphatic rings. The van der Waals surface area contributed by atoms with Gasteiger partial charge in [-0.05, 0) is 43.3 Å². The van der Waals surface area contributed by atoms with Crippen LogP contribution >= 0.6 is 11.8 Å². The monoisotopic (exact) mass is 407 g/mol. The number of carbonyl (C=O) groups excluding carboxylic acids is 1. The van der Waals surface area contributed by atoms with Crippen molar-refractivity contribution < 1.29 is 22.7 Å². The molecule has 3 rings (SSSR count). The minimum Gasteiger partial charge on any atom is -0.435 e. The second-order valence-electron chi connectivity index (χ2n) is 5.87. The van der Waals surface area contributed by atoms with Gasteiger partial charge in [0.25, 0.3) is 0 Å². The zero-order valence-corrected chi connectivity index (χ0v) is 15.8. The molecule has 0 amide bonds. The molecule has 28 heavy (non-hydrogen) atoms. The molecule has 0 spiro atoms. The van der Waals surface area contributed by atoms with Crippen LogP contribution in [0.3, 0.4) is 0 Å². The summed E-state index contributed by atoms with van der Waals surface area (Å²) in [5.41, 5.74) is 0.677. The first-order chi connectivity index (χ1) is 13.4. The summed E-state index contributed by atoms with van der Waals surface area (Å²) in [6, 6.07) is 11.7. The van der Waals surface area contributed by atoms with E-state index in [1.54, 1.807) is 36.7 Å². The van der Waals surface area contributed by atoms with Crippen LogP contribution in [0.4, 0.5) is 13.2 Å². The largest absolute Gasteiger partial charge is 0.435 e. The third-order valence-corrected chi connectivity index (χ3v) is 5.10. The summed E-state index contributed by atoms with van der Waals surface area (Å²) < 4.78 is 44.3. The summed E-state index contributed by atoms with van der Waals surface area (Å²) in [6.07, 6.45) is 0. The highest BCUT2D eigenvalue weighted by atomic mass is 32.2. The van der Waals surface area contributed by atoms with Gasteiger partial charge in [0.2, 0.25) is 0 Å². The second-order valence-corrected chi connectivity index (χ2v) is 7.18. The Morgan fingerprint density at radius 2 is 1.79 bits per heavy atom. The van der Waals surface area contributed by atoms with Gasteiger partial charge >= 0.3 is 6.61 Å². The van der Waals surface area contributed by atoms with Crippen LogP contribution in [0.2, 0.25) is 0 Å². The van der Waals surface area contributed by atoms with Crippen molar-refractivity contribution >= 4 is 17.5 Å². The molecule has 0 saturated heterocycles. The van der Waals surface area contributed by atoms with Gasteiger partial charge in [-0.25, -0.2) is 4.39 Å². The molecule has 1 heterocycles. The van der Waals surface area contributed by atoms with E-state index in [1.165, 1.54) is 42.1 Å². The zero-order valence-electron chi connectivity index (χ0n) is 15.0. The minimum atomic E-state index is -2.92. The van der Waals surface area contributed by atoms with E-state index in [4.69, 9.17) is 0 Å². The van der Waals surface area contributed by atoms with Crippen molar-refractivity contribution in [1.82, 2.24) is 14.8 Å². The number of alkyl halides is 2. The molecule has 146 valence electrons. The molecule has 5 nitrogen and oxygen atoms in total. The maximum atomic E-state index is 14.0. The van der Waals surface area contributed by atoms with Gasteiger partial charge in [-0.2, -0.15) is 8.78 Å². The molecule has 0 fully saturated rings. The predicted octanol–water partition coefficient (Wildman–Crippen LogP) is 4.59. The van der Waals surface area contributed by atoms with E-state index in [0.717, 1.165) is 0 Å². The Kier molecular flexibility index (Phi) is 6.03. The lowest BCUT2D eigenvalue weighted by Gasteiger charge is -2.11. The Bertz CT molecular complexity index is 977. The molecule has 0 saturated carbocycles. The summed E-state index contributed by atoms with van der Waals surface area (Å²) in [5.74, 6) is -0.280. The number of Topliss-reactive ketones (excluding diaryl/α,β-unsaturated/α-hetero) is 1. The van der Waals surface area contributed by atoms with Crippen LogP contribution in [0.15, 0.2) is 53.7 Å². The number of thioether (sulfide) groups is 1. The smallest absolute Gasteiger partial charge is 0.387 e. The second kappa shape index (κ2) is 8.47. The highest BCUT2D eigenvalue weighted by Gasteiger charge is 2.21. The molecular weight excluding hydrogens is 391 g/mol. The summed E-state index contributed by atoms with van der Waals surface area (Å²) in [6.45, 7) is -1.22. The van der Waals surface area contributed by atoms with Crippen LogP contribution in [-0.2, 0) is 7.05 Å². The molecule has 0 unspecified atom stereocenters. The molecule has 0 radical (unpaired) electrons. The Labute approximate surface area is 163 Å². The van der Waals surface area contributed by atoms with Crippen molar-refractivity contribution in [3.8, 4) is 17.1 Å². The number of aromatic nitrogens is 3. The maximum absolute atomic E-state index is 14.0. The summed E-state index contributed by atoms with van der Waals surface area (Å²) in [4.78, 5) is 12.6. The zero-order chi connectivity index (χ0) is 20.3. The van der Waals surface area contributed by atoms with Crippen molar-refractivity contribution in [2.24, 2.45) is 7.05 Å². The average molecular weight is 407 g/mol. The molecule has 0 aliphatic heterocycles. The molecule has 1 atom stereocenters. The Morgan fingerprint density at radius 1 is 1.11 bits per heavy atom. The Hall–Kier alpha value is -2.81. The molecule has 9 heteroatoms. The summed E-state index contributed by atoms with van der Waals surface area (Å²) in [7, 11) is 1.69. The van der Waals surface area contributed by atoms with Gasteiger partial charge in [-0.15, -0.1) is 10.2 Å². The summed E-state index contributed by atoms with van der Waals surface area (Å²) >= 11 is 1.18. The van der Waals surface area contributed by atoms with Gasteiger partial charge in [0, 0.05) is 12.6 Å². The third kappa shape index (κ3) is 4.36. The quantitative estimate of drug-likeness (QED) is 0.424. The van der Waals surface area contributed by atoms with Crippen molar-refractivity contribution in [3.63, 3.8) is 0 Å². The molecule has 2 aromatic carbocycles. The highest BCUT2D eigenvalue weighted by molar-refractivity contribution is 8.00. The van der Waals surface area contributed by atoms with E-state index in [2.05, 4.69) is 14.9 Å². The van der Waals surface area contributed by atoms with Crippen molar-refractivity contribution in [1.29, 1.82) is 0 Å². The van der Waals surface area contributed by atoms with Crippen LogP contribution in [0.1, 0.15) is 17.3 Å². The Morgan fingerprint density at radius 3 is 2.43 bits per heavy atom. The maximum Gasteiger partial charge on any atom is 0.387 e. The molecule has 0 N–H and O–H groups in total. The van der Waals surface area contributed by atoms with E-state index in [1.807, 2.05) is 0 Å². The van der Waals surface area contributed by atoms with Gasteiger partial charge < -0.3 is 9.30 Å². The first kappa shape index (κ1) is 19.9. The number of ether oxygens (including phenoxy) is 1. The number of hydrogen-bond acceptors (Lipinski definition) is 5. The normalized spacial score (nSPS) is 12.2. The van der Waals surface area contributed by atoms with Gasteiger partial charge in [-0.3, -0.25) is 4.79 Å². The molecule has 0 bridgehead atoms. The number of rotatable bonds is 7. The van der Waals surface area contributed by atoms with Crippen LogP contribution < -0.4 is 4.74 Å². The van der Waals surface area contributed by atoms with E-state index in [-0.39, 0.29) is 11.5 Å². The SMILES string of the molecule is C[C@@H](Sc1nnc(-c2ccccc2F)n1C)C(=O)c1ccc(OC(F)F)cc1. The number of nitrogens with zero attached hydrogens (tertiary/aromatic N) is 3. The van der Waals surface area contributed by atoms with Gasteiger partial charge in [0.05, 0.1) is 10.8 Å². The van der Waals surface area contributed by atoms with Crippen molar-refractivity contribution in [3.05, 3.63) is 59.9 Å². The lowest BCUT2D eigenvalue weighted by atomic mass is 10.1. The fourth-order valence-electron chi connectivity index (χ4n) is 2.54.